The summed E-state index contributed by atoms with van der Waals surface area (Å²) in [5, 5.41) is 3.25. The third-order valence-electron chi connectivity index (χ3n) is 4.14. The average molecular weight is 347 g/mol. The third-order valence-corrected chi connectivity index (χ3v) is 4.14. The number of hydrogen-bond acceptors (Lipinski definition) is 3. The van der Waals surface area contributed by atoms with Gasteiger partial charge in [-0.3, -0.25) is 14.0 Å². The molecular formula is C20H14FN3O2. The smallest absolute Gasteiger partial charge is 0.265 e. The molecule has 2 heterocycles. The van der Waals surface area contributed by atoms with E-state index in [0.29, 0.717) is 22.1 Å². The molecule has 5 nitrogen and oxygen atoms in total. The second-order valence-electron chi connectivity index (χ2n) is 5.89. The van der Waals surface area contributed by atoms with Crippen LogP contribution in [0.15, 0.2) is 71.7 Å². The van der Waals surface area contributed by atoms with Crippen LogP contribution < -0.4 is 10.9 Å². The van der Waals surface area contributed by atoms with E-state index in [1.54, 1.807) is 42.5 Å². The van der Waals surface area contributed by atoms with Gasteiger partial charge in [0.05, 0.1) is 16.5 Å². The molecule has 0 aliphatic heterocycles. The Morgan fingerprint density at radius 3 is 2.62 bits per heavy atom. The van der Waals surface area contributed by atoms with Crippen LogP contribution in [0.4, 0.5) is 4.39 Å². The van der Waals surface area contributed by atoms with Gasteiger partial charge in [-0.25, -0.2) is 9.37 Å². The van der Waals surface area contributed by atoms with E-state index in [9.17, 15) is 14.0 Å². The number of hydrogen-bond donors (Lipinski definition) is 1. The fraction of sp³-hybridized carbons (Fsp3) is 0.0500. The van der Waals surface area contributed by atoms with Crippen molar-refractivity contribution >= 4 is 22.5 Å². The summed E-state index contributed by atoms with van der Waals surface area (Å²) in [5.74, 6) is -0.648. The van der Waals surface area contributed by atoms with E-state index < -0.39 is 0 Å². The average Bonchev–Trinajstić information content (AvgIpc) is 2.67. The number of amides is 1. The van der Waals surface area contributed by atoms with Gasteiger partial charge in [-0.15, -0.1) is 0 Å². The van der Waals surface area contributed by atoms with Crippen LogP contribution in [0.3, 0.4) is 0 Å². The first-order valence-corrected chi connectivity index (χ1v) is 8.06. The van der Waals surface area contributed by atoms with Gasteiger partial charge in [-0.1, -0.05) is 24.3 Å². The zero-order valence-corrected chi connectivity index (χ0v) is 13.6. The van der Waals surface area contributed by atoms with Gasteiger partial charge in [-0.05, 0) is 42.0 Å². The van der Waals surface area contributed by atoms with Gasteiger partial charge in [0.2, 0.25) is 0 Å². The standard InChI is InChI=1S/C20H14FN3O2/c21-15-8-5-13(6-9-15)11-22-19(25)14-7-10-18-23-17-4-2-1-3-16(17)20(26)24(18)12-14/h1-10,12H,11H2,(H,22,25). The van der Waals surface area contributed by atoms with E-state index in [-0.39, 0.29) is 23.8 Å². The van der Waals surface area contributed by atoms with E-state index in [1.807, 2.05) is 6.07 Å². The van der Waals surface area contributed by atoms with Gasteiger partial charge in [0.1, 0.15) is 11.5 Å². The number of rotatable bonds is 3. The first-order valence-electron chi connectivity index (χ1n) is 8.06. The number of halogens is 1. The molecule has 0 radical (unpaired) electrons. The molecule has 0 saturated heterocycles. The zero-order valence-electron chi connectivity index (χ0n) is 13.6. The maximum absolute atomic E-state index is 12.9. The highest BCUT2D eigenvalue weighted by molar-refractivity contribution is 5.94. The predicted molar refractivity (Wildman–Crippen MR) is 96.5 cm³/mol. The summed E-state index contributed by atoms with van der Waals surface area (Å²) in [7, 11) is 0. The minimum absolute atomic E-state index is 0.223. The van der Waals surface area contributed by atoms with E-state index in [0.717, 1.165) is 5.56 Å². The number of pyridine rings is 1. The molecule has 2 aromatic heterocycles. The Balaban J connectivity index is 1.65. The van der Waals surface area contributed by atoms with Gasteiger partial charge in [0.25, 0.3) is 11.5 Å². The number of fused-ring (bicyclic) bond motifs is 2. The summed E-state index contributed by atoms with van der Waals surface area (Å²) in [4.78, 5) is 29.4. The summed E-state index contributed by atoms with van der Waals surface area (Å²) < 4.78 is 14.3. The number of carbonyl (C=O) groups is 1. The van der Waals surface area contributed by atoms with Crippen molar-refractivity contribution in [1.29, 1.82) is 0 Å². The number of para-hydroxylation sites is 1. The van der Waals surface area contributed by atoms with Crippen molar-refractivity contribution in [3.63, 3.8) is 0 Å². The number of aromatic nitrogens is 2. The Kier molecular flexibility index (Phi) is 3.93. The molecule has 2 aromatic carbocycles. The summed E-state index contributed by atoms with van der Waals surface area (Å²) in [6.07, 6.45) is 1.48. The van der Waals surface area contributed by atoms with Crippen molar-refractivity contribution in [1.82, 2.24) is 14.7 Å². The summed E-state index contributed by atoms with van der Waals surface area (Å²) >= 11 is 0. The largest absolute Gasteiger partial charge is 0.348 e. The van der Waals surface area contributed by atoms with Crippen molar-refractivity contribution in [3.05, 3.63) is 94.2 Å². The Labute approximate surface area is 147 Å². The van der Waals surface area contributed by atoms with Crippen LogP contribution in [0.1, 0.15) is 15.9 Å². The van der Waals surface area contributed by atoms with Gasteiger partial charge in [0.15, 0.2) is 0 Å². The maximum Gasteiger partial charge on any atom is 0.265 e. The van der Waals surface area contributed by atoms with Gasteiger partial charge in [0, 0.05) is 12.7 Å². The number of carbonyl (C=O) groups excluding carboxylic acids is 1. The summed E-state index contributed by atoms with van der Waals surface area (Å²) in [6, 6.07) is 16.2. The molecule has 6 heteroatoms. The number of nitrogens with one attached hydrogen (secondary N) is 1. The first-order chi connectivity index (χ1) is 12.6. The lowest BCUT2D eigenvalue weighted by Crippen LogP contribution is -2.24. The van der Waals surface area contributed by atoms with Crippen LogP contribution in [-0.2, 0) is 6.54 Å². The molecule has 1 amide bonds. The van der Waals surface area contributed by atoms with Crippen LogP contribution in [0.5, 0.6) is 0 Å². The molecule has 0 saturated carbocycles. The second kappa shape index (κ2) is 6.40. The Hall–Kier alpha value is -3.54. The Morgan fingerprint density at radius 1 is 1.04 bits per heavy atom. The second-order valence-corrected chi connectivity index (χ2v) is 5.89. The third kappa shape index (κ3) is 2.93. The predicted octanol–water partition coefficient (Wildman–Crippen LogP) is 2.92. The summed E-state index contributed by atoms with van der Waals surface area (Å²) in [5.41, 5.74) is 2.00. The van der Waals surface area contributed by atoms with E-state index >= 15 is 0 Å². The van der Waals surface area contributed by atoms with E-state index in [1.165, 1.54) is 22.7 Å². The quantitative estimate of drug-likeness (QED) is 0.580. The molecule has 0 unspecified atom stereocenters. The van der Waals surface area contributed by atoms with Gasteiger partial charge in [-0.2, -0.15) is 0 Å². The molecule has 0 atom stereocenters. The topological polar surface area (TPSA) is 63.5 Å². The SMILES string of the molecule is O=C(NCc1ccc(F)cc1)c1ccc2nc3ccccc3c(=O)n2c1. The molecule has 1 N–H and O–H groups in total. The van der Waals surface area contributed by atoms with E-state index in [2.05, 4.69) is 10.3 Å². The van der Waals surface area contributed by atoms with Crippen molar-refractivity contribution < 1.29 is 9.18 Å². The maximum atomic E-state index is 12.9. The molecule has 128 valence electrons. The fourth-order valence-corrected chi connectivity index (χ4v) is 2.77. The molecule has 0 aliphatic rings. The van der Waals surface area contributed by atoms with E-state index in [4.69, 9.17) is 0 Å². The molecule has 26 heavy (non-hydrogen) atoms. The molecular weight excluding hydrogens is 333 g/mol. The van der Waals surface area contributed by atoms with Crippen LogP contribution >= 0.6 is 0 Å². The van der Waals surface area contributed by atoms with Crippen molar-refractivity contribution in [3.8, 4) is 0 Å². The summed E-state index contributed by atoms with van der Waals surface area (Å²) in [6.45, 7) is 0.266. The molecule has 0 aliphatic carbocycles. The first kappa shape index (κ1) is 16.0. The normalized spacial score (nSPS) is 11.0. The minimum atomic E-state index is -0.325. The molecule has 0 spiro atoms. The number of nitrogens with zero attached hydrogens (tertiary/aromatic N) is 2. The lowest BCUT2D eigenvalue weighted by molar-refractivity contribution is 0.0950. The molecule has 4 aromatic rings. The zero-order chi connectivity index (χ0) is 18.1. The monoisotopic (exact) mass is 347 g/mol. The molecule has 0 fully saturated rings. The van der Waals surface area contributed by atoms with Crippen LogP contribution in [0.2, 0.25) is 0 Å². The molecule has 4 rings (SSSR count). The highest BCUT2D eigenvalue weighted by atomic mass is 19.1. The van der Waals surface area contributed by atoms with Crippen molar-refractivity contribution in [2.45, 2.75) is 6.54 Å². The minimum Gasteiger partial charge on any atom is -0.348 e. The molecule has 0 bridgehead atoms. The van der Waals surface area contributed by atoms with Crippen LogP contribution in [0, 0.1) is 5.82 Å². The van der Waals surface area contributed by atoms with Crippen molar-refractivity contribution in [2.75, 3.05) is 0 Å². The Morgan fingerprint density at radius 2 is 1.81 bits per heavy atom. The number of benzene rings is 2. The van der Waals surface area contributed by atoms with Crippen LogP contribution in [-0.4, -0.2) is 15.3 Å². The fourth-order valence-electron chi connectivity index (χ4n) is 2.77. The lowest BCUT2D eigenvalue weighted by Gasteiger charge is -2.08. The van der Waals surface area contributed by atoms with Gasteiger partial charge < -0.3 is 5.32 Å². The highest BCUT2D eigenvalue weighted by Crippen LogP contribution is 2.10. The van der Waals surface area contributed by atoms with Crippen LogP contribution in [0.25, 0.3) is 16.6 Å². The van der Waals surface area contributed by atoms with Crippen molar-refractivity contribution in [2.24, 2.45) is 0 Å². The highest BCUT2D eigenvalue weighted by Gasteiger charge is 2.10. The Bertz CT molecular complexity index is 1180. The lowest BCUT2D eigenvalue weighted by atomic mass is 10.2. The van der Waals surface area contributed by atoms with Gasteiger partial charge >= 0.3 is 0 Å².